The van der Waals surface area contributed by atoms with Crippen LogP contribution < -0.4 is 0 Å². The van der Waals surface area contributed by atoms with Gasteiger partial charge in [0, 0.05) is 24.9 Å². The van der Waals surface area contributed by atoms with E-state index in [-0.39, 0.29) is 23.5 Å². The van der Waals surface area contributed by atoms with E-state index in [9.17, 15) is 13.2 Å². The SMILES string of the molecule is CC1CS(=O)(=O)CCN1CCC1CCCC1=O. The van der Waals surface area contributed by atoms with Crippen LogP contribution in [0.3, 0.4) is 0 Å². The van der Waals surface area contributed by atoms with Crippen molar-refractivity contribution in [3.8, 4) is 0 Å². The minimum Gasteiger partial charge on any atom is -0.299 e. The zero-order chi connectivity index (χ0) is 12.5. The molecule has 2 unspecified atom stereocenters. The van der Waals surface area contributed by atoms with Crippen molar-refractivity contribution in [3.63, 3.8) is 0 Å². The molecule has 1 heterocycles. The smallest absolute Gasteiger partial charge is 0.153 e. The zero-order valence-electron chi connectivity index (χ0n) is 10.4. The molecule has 1 saturated carbocycles. The van der Waals surface area contributed by atoms with Crippen molar-refractivity contribution in [2.75, 3.05) is 24.6 Å². The topological polar surface area (TPSA) is 54.5 Å². The molecule has 0 spiro atoms. The van der Waals surface area contributed by atoms with Crippen LogP contribution >= 0.6 is 0 Å². The van der Waals surface area contributed by atoms with Gasteiger partial charge < -0.3 is 0 Å². The molecule has 5 heteroatoms. The summed E-state index contributed by atoms with van der Waals surface area (Å²) in [5, 5.41) is 0. The Morgan fingerprint density at radius 2 is 2.18 bits per heavy atom. The molecule has 1 aliphatic carbocycles. The second-order valence-electron chi connectivity index (χ2n) is 5.34. The van der Waals surface area contributed by atoms with E-state index >= 15 is 0 Å². The number of hydrogen-bond acceptors (Lipinski definition) is 4. The van der Waals surface area contributed by atoms with Gasteiger partial charge in [0.15, 0.2) is 9.84 Å². The molecule has 17 heavy (non-hydrogen) atoms. The van der Waals surface area contributed by atoms with Crippen molar-refractivity contribution in [2.24, 2.45) is 5.92 Å². The molecule has 0 aromatic rings. The zero-order valence-corrected chi connectivity index (χ0v) is 11.2. The normalized spacial score (nSPS) is 34.1. The van der Waals surface area contributed by atoms with Crippen LogP contribution in [0.1, 0.15) is 32.6 Å². The first-order chi connectivity index (χ1) is 7.98. The third-order valence-electron chi connectivity index (χ3n) is 4.00. The number of ketones is 1. The fourth-order valence-electron chi connectivity index (χ4n) is 2.88. The number of sulfone groups is 1. The first-order valence-corrected chi connectivity index (χ1v) is 8.27. The number of hydrogen-bond donors (Lipinski definition) is 0. The predicted octanol–water partition coefficient (Wildman–Crippen LogP) is 0.865. The highest BCUT2D eigenvalue weighted by Gasteiger charge is 2.30. The van der Waals surface area contributed by atoms with E-state index in [2.05, 4.69) is 4.90 Å². The highest BCUT2D eigenvalue weighted by atomic mass is 32.2. The molecule has 0 radical (unpaired) electrons. The van der Waals surface area contributed by atoms with E-state index in [0.717, 1.165) is 32.2 Å². The number of carbonyl (C=O) groups excluding carboxylic acids is 1. The molecule has 0 amide bonds. The summed E-state index contributed by atoms with van der Waals surface area (Å²) in [6, 6.07) is 0.102. The van der Waals surface area contributed by atoms with Crippen LogP contribution in [0.5, 0.6) is 0 Å². The molecule has 98 valence electrons. The first-order valence-electron chi connectivity index (χ1n) is 6.45. The molecular weight excluding hydrogens is 238 g/mol. The van der Waals surface area contributed by atoms with E-state index in [1.54, 1.807) is 0 Å². The fourth-order valence-corrected chi connectivity index (χ4v) is 4.51. The molecule has 2 atom stereocenters. The maximum absolute atomic E-state index is 11.5. The van der Waals surface area contributed by atoms with E-state index in [0.29, 0.717) is 12.3 Å². The Bertz CT molecular complexity index is 391. The summed E-state index contributed by atoms with van der Waals surface area (Å²) in [6.45, 7) is 3.46. The van der Waals surface area contributed by atoms with Gasteiger partial charge in [0.25, 0.3) is 0 Å². The molecule has 0 aromatic carbocycles. The molecule has 0 bridgehead atoms. The van der Waals surface area contributed by atoms with Crippen LogP contribution in [-0.4, -0.2) is 49.7 Å². The van der Waals surface area contributed by atoms with E-state index < -0.39 is 9.84 Å². The lowest BCUT2D eigenvalue weighted by Crippen LogP contribution is -2.47. The minimum absolute atomic E-state index is 0.102. The predicted molar refractivity (Wildman–Crippen MR) is 66.7 cm³/mol. The first kappa shape index (κ1) is 13.0. The van der Waals surface area contributed by atoms with Crippen LogP contribution in [0.4, 0.5) is 0 Å². The van der Waals surface area contributed by atoms with Gasteiger partial charge in [-0.15, -0.1) is 0 Å². The summed E-state index contributed by atoms with van der Waals surface area (Å²) in [5.41, 5.74) is 0. The van der Waals surface area contributed by atoms with Gasteiger partial charge in [-0.3, -0.25) is 9.69 Å². The van der Waals surface area contributed by atoms with Gasteiger partial charge in [-0.1, -0.05) is 0 Å². The maximum atomic E-state index is 11.5. The molecule has 2 rings (SSSR count). The lowest BCUT2D eigenvalue weighted by molar-refractivity contribution is -0.120. The summed E-state index contributed by atoms with van der Waals surface area (Å²) in [7, 11) is -2.82. The lowest BCUT2D eigenvalue weighted by Gasteiger charge is -2.33. The summed E-state index contributed by atoms with van der Waals surface area (Å²) in [4.78, 5) is 13.7. The van der Waals surface area contributed by atoms with Crippen LogP contribution in [0.2, 0.25) is 0 Å². The Balaban J connectivity index is 1.82. The number of Topliss-reactive ketones (excluding diaryl/α,β-unsaturated/α-hetero) is 1. The second-order valence-corrected chi connectivity index (χ2v) is 7.57. The molecule has 2 fully saturated rings. The Morgan fingerprint density at radius 1 is 1.41 bits per heavy atom. The number of carbonyl (C=O) groups is 1. The number of rotatable bonds is 3. The fraction of sp³-hybridized carbons (Fsp3) is 0.917. The largest absolute Gasteiger partial charge is 0.299 e. The van der Waals surface area contributed by atoms with E-state index in [4.69, 9.17) is 0 Å². The van der Waals surface area contributed by atoms with Crippen molar-refractivity contribution < 1.29 is 13.2 Å². The molecule has 0 N–H and O–H groups in total. The van der Waals surface area contributed by atoms with Crippen LogP contribution in [0, 0.1) is 5.92 Å². The lowest BCUT2D eigenvalue weighted by atomic mass is 10.0. The average Bonchev–Trinajstić information content (AvgIpc) is 2.62. The van der Waals surface area contributed by atoms with Crippen LogP contribution in [-0.2, 0) is 14.6 Å². The van der Waals surface area contributed by atoms with Gasteiger partial charge in [-0.2, -0.15) is 0 Å². The van der Waals surface area contributed by atoms with Crippen molar-refractivity contribution >= 4 is 15.6 Å². The van der Waals surface area contributed by atoms with Crippen LogP contribution in [0.25, 0.3) is 0 Å². The van der Waals surface area contributed by atoms with Crippen molar-refractivity contribution in [1.82, 2.24) is 4.90 Å². The highest BCUT2D eigenvalue weighted by Crippen LogP contribution is 2.25. The van der Waals surface area contributed by atoms with Crippen molar-refractivity contribution in [2.45, 2.75) is 38.6 Å². The van der Waals surface area contributed by atoms with Gasteiger partial charge in [0.1, 0.15) is 5.78 Å². The Morgan fingerprint density at radius 3 is 2.76 bits per heavy atom. The quantitative estimate of drug-likeness (QED) is 0.754. The highest BCUT2D eigenvalue weighted by molar-refractivity contribution is 7.91. The summed E-state index contributed by atoms with van der Waals surface area (Å²) in [6.07, 6.45) is 3.71. The third kappa shape index (κ3) is 3.28. The molecule has 2 aliphatic rings. The standard InChI is InChI=1S/C12H21NO3S/c1-10-9-17(15,16)8-7-13(10)6-5-11-3-2-4-12(11)14/h10-11H,2-9H2,1H3. The van der Waals surface area contributed by atoms with Gasteiger partial charge in [0.05, 0.1) is 11.5 Å². The third-order valence-corrected chi connectivity index (χ3v) is 5.80. The molecular formula is C12H21NO3S. The van der Waals surface area contributed by atoms with Crippen molar-refractivity contribution in [1.29, 1.82) is 0 Å². The Labute approximate surface area is 103 Å². The van der Waals surface area contributed by atoms with E-state index in [1.807, 2.05) is 6.92 Å². The Hall–Kier alpha value is -0.420. The van der Waals surface area contributed by atoms with Crippen molar-refractivity contribution in [3.05, 3.63) is 0 Å². The maximum Gasteiger partial charge on any atom is 0.153 e. The Kier molecular flexibility index (Phi) is 3.88. The molecule has 0 aromatic heterocycles. The molecule has 1 saturated heterocycles. The van der Waals surface area contributed by atoms with Gasteiger partial charge in [0.2, 0.25) is 0 Å². The van der Waals surface area contributed by atoms with E-state index in [1.165, 1.54) is 0 Å². The van der Waals surface area contributed by atoms with Crippen LogP contribution in [0.15, 0.2) is 0 Å². The van der Waals surface area contributed by atoms with Gasteiger partial charge >= 0.3 is 0 Å². The average molecular weight is 259 g/mol. The number of nitrogens with zero attached hydrogens (tertiary/aromatic N) is 1. The monoisotopic (exact) mass is 259 g/mol. The molecule has 4 nitrogen and oxygen atoms in total. The van der Waals surface area contributed by atoms with Gasteiger partial charge in [-0.05, 0) is 32.7 Å². The second kappa shape index (κ2) is 5.06. The molecule has 1 aliphatic heterocycles. The summed E-state index contributed by atoms with van der Waals surface area (Å²) >= 11 is 0. The summed E-state index contributed by atoms with van der Waals surface area (Å²) in [5.74, 6) is 1.18. The minimum atomic E-state index is -2.82. The summed E-state index contributed by atoms with van der Waals surface area (Å²) < 4.78 is 22.9. The van der Waals surface area contributed by atoms with Gasteiger partial charge in [-0.25, -0.2) is 8.42 Å².